The minimum absolute atomic E-state index is 0.209. The number of amides is 1. The summed E-state index contributed by atoms with van der Waals surface area (Å²) >= 11 is 0. The summed E-state index contributed by atoms with van der Waals surface area (Å²) in [5, 5.41) is 2.92. The molecule has 3 aromatic rings. The van der Waals surface area contributed by atoms with Gasteiger partial charge in [0.05, 0.1) is 10.6 Å². The Morgan fingerprint density at radius 1 is 0.867 bits per heavy atom. The van der Waals surface area contributed by atoms with Crippen LogP contribution < -0.4 is 9.62 Å². The number of nitrogens with one attached hydrogen (secondary N) is 1. The first kappa shape index (κ1) is 21.6. The van der Waals surface area contributed by atoms with Crippen LogP contribution in [0.1, 0.15) is 32.6 Å². The van der Waals surface area contributed by atoms with E-state index in [1.807, 2.05) is 45.9 Å². The topological polar surface area (TPSA) is 66.5 Å². The Morgan fingerprint density at radius 3 is 2.20 bits per heavy atom. The molecule has 0 aliphatic heterocycles. The summed E-state index contributed by atoms with van der Waals surface area (Å²) in [5.74, 6) is -0.286. The molecule has 0 aliphatic carbocycles. The Labute approximate surface area is 178 Å². The number of hydrogen-bond donors (Lipinski definition) is 1. The molecule has 3 aromatic carbocycles. The smallest absolute Gasteiger partial charge is 0.264 e. The maximum atomic E-state index is 13.1. The maximum absolute atomic E-state index is 13.1. The van der Waals surface area contributed by atoms with Gasteiger partial charge in [-0.1, -0.05) is 35.9 Å². The van der Waals surface area contributed by atoms with Gasteiger partial charge in [-0.2, -0.15) is 0 Å². The van der Waals surface area contributed by atoms with Crippen molar-refractivity contribution in [1.29, 1.82) is 0 Å². The number of aryl methyl sites for hydroxylation is 3. The minimum Gasteiger partial charge on any atom is -0.322 e. The molecular formula is C24H26N2O3S. The lowest BCUT2D eigenvalue weighted by atomic mass is 10.1. The molecule has 0 saturated heterocycles. The second-order valence-electron chi connectivity index (χ2n) is 7.49. The summed E-state index contributed by atoms with van der Waals surface area (Å²) < 4.78 is 27.4. The Kier molecular flexibility index (Phi) is 5.99. The van der Waals surface area contributed by atoms with Crippen LogP contribution in [0.5, 0.6) is 0 Å². The number of anilines is 2. The molecule has 1 N–H and O–H groups in total. The summed E-state index contributed by atoms with van der Waals surface area (Å²) in [4.78, 5) is 13.1. The third kappa shape index (κ3) is 4.24. The van der Waals surface area contributed by atoms with E-state index in [-0.39, 0.29) is 10.8 Å². The van der Waals surface area contributed by atoms with Gasteiger partial charge in [0.15, 0.2) is 0 Å². The zero-order chi connectivity index (χ0) is 22.1. The summed E-state index contributed by atoms with van der Waals surface area (Å²) in [6.07, 6.45) is 0. The van der Waals surface area contributed by atoms with Crippen molar-refractivity contribution in [1.82, 2.24) is 0 Å². The van der Waals surface area contributed by atoms with Gasteiger partial charge < -0.3 is 5.32 Å². The lowest BCUT2D eigenvalue weighted by Crippen LogP contribution is -2.27. The Hall–Kier alpha value is -3.12. The number of benzene rings is 3. The summed E-state index contributed by atoms with van der Waals surface area (Å²) in [6.45, 7) is 7.67. The number of carbonyl (C=O) groups excluding carboxylic acids is 1. The van der Waals surface area contributed by atoms with Gasteiger partial charge in [-0.15, -0.1) is 0 Å². The molecule has 0 radical (unpaired) electrons. The van der Waals surface area contributed by atoms with Crippen LogP contribution in [0.3, 0.4) is 0 Å². The van der Waals surface area contributed by atoms with Gasteiger partial charge in [0.25, 0.3) is 15.9 Å². The summed E-state index contributed by atoms with van der Waals surface area (Å²) in [7, 11) is -2.24. The Bertz CT molecular complexity index is 1200. The third-order valence-electron chi connectivity index (χ3n) is 5.34. The van der Waals surface area contributed by atoms with Crippen molar-refractivity contribution >= 4 is 27.3 Å². The van der Waals surface area contributed by atoms with E-state index in [4.69, 9.17) is 0 Å². The molecule has 0 unspecified atom stereocenters. The molecule has 30 heavy (non-hydrogen) atoms. The monoisotopic (exact) mass is 422 g/mol. The molecule has 0 heterocycles. The number of carbonyl (C=O) groups is 1. The third-order valence-corrected chi connectivity index (χ3v) is 7.13. The highest BCUT2D eigenvalue weighted by Crippen LogP contribution is 2.27. The van der Waals surface area contributed by atoms with E-state index in [2.05, 4.69) is 5.32 Å². The van der Waals surface area contributed by atoms with Crippen LogP contribution >= 0.6 is 0 Å². The molecule has 3 rings (SSSR count). The molecule has 0 saturated carbocycles. The molecule has 6 heteroatoms. The number of rotatable bonds is 5. The number of nitrogens with zero attached hydrogens (tertiary/aromatic N) is 1. The van der Waals surface area contributed by atoms with Crippen molar-refractivity contribution in [3.8, 4) is 0 Å². The second kappa shape index (κ2) is 8.32. The van der Waals surface area contributed by atoms with E-state index >= 15 is 0 Å². The fourth-order valence-electron chi connectivity index (χ4n) is 3.17. The van der Waals surface area contributed by atoms with Crippen LogP contribution in [0, 0.1) is 27.7 Å². The van der Waals surface area contributed by atoms with E-state index in [1.54, 1.807) is 42.5 Å². The van der Waals surface area contributed by atoms with E-state index in [0.29, 0.717) is 11.3 Å². The van der Waals surface area contributed by atoms with Crippen LogP contribution in [0.4, 0.5) is 11.4 Å². The maximum Gasteiger partial charge on any atom is 0.264 e. The molecule has 0 spiro atoms. The van der Waals surface area contributed by atoms with E-state index in [0.717, 1.165) is 27.9 Å². The van der Waals surface area contributed by atoms with E-state index < -0.39 is 10.0 Å². The van der Waals surface area contributed by atoms with Crippen LogP contribution in [0.2, 0.25) is 0 Å². The predicted molar refractivity (Wildman–Crippen MR) is 122 cm³/mol. The van der Waals surface area contributed by atoms with Gasteiger partial charge in [0, 0.05) is 18.3 Å². The van der Waals surface area contributed by atoms with Crippen LogP contribution in [-0.2, 0) is 10.0 Å². The van der Waals surface area contributed by atoms with Crippen LogP contribution in [0.15, 0.2) is 65.6 Å². The molecule has 0 fully saturated rings. The van der Waals surface area contributed by atoms with Gasteiger partial charge in [-0.25, -0.2) is 8.42 Å². The van der Waals surface area contributed by atoms with Gasteiger partial charge >= 0.3 is 0 Å². The first-order valence-electron chi connectivity index (χ1n) is 9.65. The second-order valence-corrected chi connectivity index (χ2v) is 9.46. The highest BCUT2D eigenvalue weighted by atomic mass is 32.2. The molecule has 0 aromatic heterocycles. The first-order valence-corrected chi connectivity index (χ1v) is 11.1. The van der Waals surface area contributed by atoms with Crippen LogP contribution in [-0.4, -0.2) is 21.4 Å². The zero-order valence-corrected chi connectivity index (χ0v) is 18.7. The summed E-state index contributed by atoms with van der Waals surface area (Å²) in [6, 6.07) is 17.5. The fourth-order valence-corrected chi connectivity index (χ4v) is 4.42. The van der Waals surface area contributed by atoms with Gasteiger partial charge in [-0.05, 0) is 74.7 Å². The highest BCUT2D eigenvalue weighted by Gasteiger charge is 2.23. The lowest BCUT2D eigenvalue weighted by Gasteiger charge is -2.22. The van der Waals surface area contributed by atoms with E-state index in [9.17, 15) is 13.2 Å². The molecular weight excluding hydrogens is 396 g/mol. The number of hydrogen-bond acceptors (Lipinski definition) is 3. The van der Waals surface area contributed by atoms with Gasteiger partial charge in [0.1, 0.15) is 0 Å². The Morgan fingerprint density at radius 2 is 1.53 bits per heavy atom. The SMILES string of the molecule is Cc1ccc(S(=O)(=O)N(C)c2cc(C(=O)Nc3cccc(C)c3C)ccc2C)cc1. The molecule has 0 aliphatic rings. The molecule has 0 bridgehead atoms. The Balaban J connectivity index is 1.93. The predicted octanol–water partition coefficient (Wildman–Crippen LogP) is 5.00. The van der Waals surface area contributed by atoms with Crippen molar-refractivity contribution in [2.24, 2.45) is 0 Å². The van der Waals surface area contributed by atoms with Crippen molar-refractivity contribution in [3.05, 3.63) is 88.5 Å². The molecule has 0 atom stereocenters. The van der Waals surface area contributed by atoms with E-state index in [1.165, 1.54) is 11.4 Å². The number of sulfonamides is 1. The largest absolute Gasteiger partial charge is 0.322 e. The standard InChI is InChI=1S/C24H26N2O3S/c1-16-9-13-21(14-10-16)30(28,29)26(5)23-15-20(12-11-18(23)3)24(27)25-22-8-6-7-17(2)19(22)4/h6-15H,1-5H3,(H,25,27). The van der Waals surface area contributed by atoms with Gasteiger partial charge in [-0.3, -0.25) is 9.10 Å². The molecule has 156 valence electrons. The summed E-state index contributed by atoms with van der Waals surface area (Å²) in [5.41, 5.74) is 5.42. The zero-order valence-electron chi connectivity index (χ0n) is 17.9. The minimum atomic E-state index is -3.74. The first-order chi connectivity index (χ1) is 14.1. The van der Waals surface area contributed by atoms with Crippen molar-refractivity contribution in [2.45, 2.75) is 32.6 Å². The van der Waals surface area contributed by atoms with Crippen molar-refractivity contribution < 1.29 is 13.2 Å². The fraction of sp³-hybridized carbons (Fsp3) is 0.208. The lowest BCUT2D eigenvalue weighted by molar-refractivity contribution is 0.102. The molecule has 5 nitrogen and oxygen atoms in total. The van der Waals surface area contributed by atoms with Gasteiger partial charge in [0.2, 0.25) is 0 Å². The quantitative estimate of drug-likeness (QED) is 0.629. The average molecular weight is 423 g/mol. The van der Waals surface area contributed by atoms with Crippen molar-refractivity contribution in [2.75, 3.05) is 16.7 Å². The average Bonchev–Trinajstić information content (AvgIpc) is 2.71. The molecule has 1 amide bonds. The normalized spacial score (nSPS) is 11.2. The van der Waals surface area contributed by atoms with Crippen LogP contribution in [0.25, 0.3) is 0 Å². The van der Waals surface area contributed by atoms with Crippen molar-refractivity contribution in [3.63, 3.8) is 0 Å². The highest BCUT2D eigenvalue weighted by molar-refractivity contribution is 7.92.